The van der Waals surface area contributed by atoms with E-state index in [1.54, 1.807) is 0 Å². The number of hydrogen-bond donors (Lipinski definition) is 3. The Balaban J connectivity index is 2.94. The topological polar surface area (TPSA) is 66.1 Å². The molecule has 1 amide bonds. The van der Waals surface area contributed by atoms with Gasteiger partial charge in [0.05, 0.1) is 12.1 Å². The maximum atomic E-state index is 12.6. The van der Waals surface area contributed by atoms with Crippen LogP contribution < -0.4 is 16.0 Å². The van der Waals surface area contributed by atoms with Gasteiger partial charge < -0.3 is 16.0 Å². The number of amides is 1. The van der Waals surface area contributed by atoms with E-state index in [0.717, 1.165) is 12.1 Å². The van der Waals surface area contributed by atoms with Gasteiger partial charge in [0.25, 0.3) is 0 Å². The molecule has 0 aliphatic rings. The Bertz CT molecular complexity index is 434. The molecule has 0 unspecified atom stereocenters. The number of aromatic nitrogens is 1. The van der Waals surface area contributed by atoms with Crippen LogP contribution in [0.5, 0.6) is 0 Å². The second kappa shape index (κ2) is 5.56. The number of anilines is 2. The van der Waals surface area contributed by atoms with Gasteiger partial charge in [0.15, 0.2) is 0 Å². The molecular formula is C10H13F3N4O. The predicted octanol–water partition coefficient (Wildman–Crippen LogP) is 1.30. The van der Waals surface area contributed by atoms with Crippen LogP contribution in [0.1, 0.15) is 5.56 Å². The summed E-state index contributed by atoms with van der Waals surface area (Å²) in [4.78, 5) is 14.9. The molecule has 0 saturated carbocycles. The molecule has 1 heterocycles. The Hall–Kier alpha value is -1.99. The van der Waals surface area contributed by atoms with E-state index < -0.39 is 11.7 Å². The van der Waals surface area contributed by atoms with Gasteiger partial charge in [-0.25, -0.2) is 4.98 Å². The van der Waals surface area contributed by atoms with Crippen molar-refractivity contribution in [3.05, 3.63) is 17.7 Å². The molecule has 3 N–H and O–H groups in total. The van der Waals surface area contributed by atoms with Crippen LogP contribution in [0, 0.1) is 0 Å². The molecule has 0 aliphatic heterocycles. The van der Waals surface area contributed by atoms with Crippen LogP contribution in [0.25, 0.3) is 0 Å². The molecule has 0 atom stereocenters. The summed E-state index contributed by atoms with van der Waals surface area (Å²) in [5, 5.41) is 7.39. The van der Waals surface area contributed by atoms with Gasteiger partial charge in [0, 0.05) is 14.1 Å². The van der Waals surface area contributed by atoms with Crippen molar-refractivity contribution in [3.63, 3.8) is 0 Å². The van der Waals surface area contributed by atoms with Crippen molar-refractivity contribution >= 4 is 17.5 Å². The Morgan fingerprint density at radius 1 is 1.28 bits per heavy atom. The molecule has 0 aliphatic carbocycles. The quantitative estimate of drug-likeness (QED) is 0.765. The SMILES string of the molecule is CNC(=O)CNc1cc(C(F)(F)F)cc(NC)n1. The largest absolute Gasteiger partial charge is 0.416 e. The van der Waals surface area contributed by atoms with Crippen molar-refractivity contribution in [2.45, 2.75) is 6.18 Å². The van der Waals surface area contributed by atoms with Gasteiger partial charge >= 0.3 is 6.18 Å². The number of carbonyl (C=O) groups is 1. The monoisotopic (exact) mass is 262 g/mol. The van der Waals surface area contributed by atoms with Crippen LogP contribution in [0.3, 0.4) is 0 Å². The van der Waals surface area contributed by atoms with E-state index in [2.05, 4.69) is 20.9 Å². The van der Waals surface area contributed by atoms with E-state index in [4.69, 9.17) is 0 Å². The minimum absolute atomic E-state index is 0.0159. The summed E-state index contributed by atoms with van der Waals surface area (Å²) in [7, 11) is 2.90. The lowest BCUT2D eigenvalue weighted by molar-refractivity contribution is -0.137. The average Bonchev–Trinajstić information content (AvgIpc) is 2.34. The summed E-state index contributed by atoms with van der Waals surface area (Å²) in [6, 6.07) is 1.74. The lowest BCUT2D eigenvalue weighted by Gasteiger charge is -2.12. The van der Waals surface area contributed by atoms with Crippen molar-refractivity contribution in [3.8, 4) is 0 Å². The molecule has 5 nitrogen and oxygen atoms in total. The van der Waals surface area contributed by atoms with Crippen LogP contribution in [0.4, 0.5) is 24.8 Å². The van der Waals surface area contributed by atoms with Crippen molar-refractivity contribution in [2.24, 2.45) is 0 Å². The fraction of sp³-hybridized carbons (Fsp3) is 0.400. The Morgan fingerprint density at radius 2 is 1.89 bits per heavy atom. The first kappa shape index (κ1) is 14.1. The molecule has 100 valence electrons. The summed E-state index contributed by atoms with van der Waals surface area (Å²) < 4.78 is 37.8. The van der Waals surface area contributed by atoms with E-state index in [1.165, 1.54) is 14.1 Å². The maximum Gasteiger partial charge on any atom is 0.416 e. The van der Waals surface area contributed by atoms with Gasteiger partial charge in [-0.15, -0.1) is 0 Å². The second-order valence-electron chi connectivity index (χ2n) is 3.40. The highest BCUT2D eigenvalue weighted by atomic mass is 19.4. The van der Waals surface area contributed by atoms with Crippen molar-refractivity contribution < 1.29 is 18.0 Å². The standard InChI is InChI=1S/C10H13F3N4O/c1-14-7-3-6(10(11,12)13)4-8(17-7)16-5-9(18)15-2/h3-4H,5H2,1-2H3,(H,15,18)(H2,14,16,17). The number of pyridine rings is 1. The van der Waals surface area contributed by atoms with E-state index in [-0.39, 0.29) is 24.1 Å². The number of nitrogens with one attached hydrogen (secondary N) is 3. The molecule has 0 fully saturated rings. The normalized spacial score (nSPS) is 10.9. The van der Waals surface area contributed by atoms with E-state index in [1.807, 2.05) is 0 Å². The number of carbonyl (C=O) groups excluding carboxylic acids is 1. The Morgan fingerprint density at radius 3 is 2.39 bits per heavy atom. The number of alkyl halides is 3. The van der Waals surface area contributed by atoms with Gasteiger partial charge in [-0.3, -0.25) is 4.79 Å². The highest BCUT2D eigenvalue weighted by Gasteiger charge is 2.31. The molecule has 1 rings (SSSR count). The molecule has 1 aromatic rings. The third kappa shape index (κ3) is 3.79. The molecule has 0 radical (unpaired) electrons. The first-order valence-electron chi connectivity index (χ1n) is 5.08. The molecule has 8 heteroatoms. The fourth-order valence-electron chi connectivity index (χ4n) is 1.17. The zero-order valence-corrected chi connectivity index (χ0v) is 9.85. The molecule has 0 bridgehead atoms. The van der Waals surface area contributed by atoms with Crippen molar-refractivity contribution in [1.82, 2.24) is 10.3 Å². The minimum atomic E-state index is -4.46. The summed E-state index contributed by atoms with van der Waals surface area (Å²) in [5.41, 5.74) is -0.832. The predicted molar refractivity (Wildman–Crippen MR) is 61.3 cm³/mol. The zero-order valence-electron chi connectivity index (χ0n) is 9.85. The van der Waals surface area contributed by atoms with Crippen molar-refractivity contribution in [2.75, 3.05) is 31.3 Å². The average molecular weight is 262 g/mol. The van der Waals surface area contributed by atoms with Gasteiger partial charge in [-0.05, 0) is 12.1 Å². The number of hydrogen-bond acceptors (Lipinski definition) is 4. The van der Waals surface area contributed by atoms with Gasteiger partial charge in [-0.2, -0.15) is 13.2 Å². The maximum absolute atomic E-state index is 12.6. The summed E-state index contributed by atoms with van der Waals surface area (Å²) >= 11 is 0. The van der Waals surface area contributed by atoms with E-state index >= 15 is 0 Å². The van der Waals surface area contributed by atoms with Crippen molar-refractivity contribution in [1.29, 1.82) is 0 Å². The van der Waals surface area contributed by atoms with Gasteiger partial charge in [0.1, 0.15) is 11.6 Å². The van der Waals surface area contributed by atoms with Crippen LogP contribution in [-0.4, -0.2) is 31.5 Å². The first-order chi connectivity index (χ1) is 8.36. The number of halogens is 3. The van der Waals surface area contributed by atoms with Crippen LogP contribution >= 0.6 is 0 Å². The van der Waals surface area contributed by atoms with E-state index in [0.29, 0.717) is 0 Å². The number of nitrogens with zero attached hydrogens (tertiary/aromatic N) is 1. The lowest BCUT2D eigenvalue weighted by Crippen LogP contribution is -2.26. The lowest BCUT2D eigenvalue weighted by atomic mass is 10.2. The molecule has 18 heavy (non-hydrogen) atoms. The van der Waals surface area contributed by atoms with E-state index in [9.17, 15) is 18.0 Å². The molecular weight excluding hydrogens is 249 g/mol. The highest BCUT2D eigenvalue weighted by Crippen LogP contribution is 2.31. The van der Waals surface area contributed by atoms with Crippen LogP contribution in [0.2, 0.25) is 0 Å². The fourth-order valence-corrected chi connectivity index (χ4v) is 1.17. The first-order valence-corrected chi connectivity index (χ1v) is 5.08. The van der Waals surface area contributed by atoms with Gasteiger partial charge in [-0.1, -0.05) is 0 Å². The third-order valence-electron chi connectivity index (χ3n) is 2.12. The minimum Gasteiger partial charge on any atom is -0.373 e. The Labute approximate surface area is 102 Å². The second-order valence-corrected chi connectivity index (χ2v) is 3.40. The summed E-state index contributed by atoms with van der Waals surface area (Å²) in [6.07, 6.45) is -4.46. The highest BCUT2D eigenvalue weighted by molar-refractivity contribution is 5.80. The number of likely N-dealkylation sites (N-methyl/N-ethyl adjacent to an activating group) is 1. The molecule has 0 spiro atoms. The van der Waals surface area contributed by atoms with Gasteiger partial charge in [0.2, 0.25) is 5.91 Å². The molecule has 1 aromatic heterocycles. The van der Waals surface area contributed by atoms with Crippen LogP contribution in [-0.2, 0) is 11.0 Å². The number of rotatable bonds is 4. The Kier molecular flexibility index (Phi) is 4.35. The zero-order chi connectivity index (χ0) is 13.8. The molecule has 0 aromatic carbocycles. The van der Waals surface area contributed by atoms with Crippen LogP contribution in [0.15, 0.2) is 12.1 Å². The smallest absolute Gasteiger partial charge is 0.373 e. The third-order valence-corrected chi connectivity index (χ3v) is 2.12. The summed E-state index contributed by atoms with van der Waals surface area (Å²) in [6.45, 7) is -0.145. The summed E-state index contributed by atoms with van der Waals surface area (Å²) in [5.74, 6) is -0.290. The molecule has 0 saturated heterocycles.